The largest absolute Gasteiger partial charge is 0.370 e. The molecule has 0 spiro atoms. The minimum atomic E-state index is -0.242. The summed E-state index contributed by atoms with van der Waals surface area (Å²) in [4.78, 5) is 27.0. The molecule has 1 aliphatic heterocycles. The third-order valence-corrected chi connectivity index (χ3v) is 5.45. The topological polar surface area (TPSA) is 61.4 Å². The number of nitrogens with one attached hydrogen (secondary N) is 2. The Morgan fingerprint density at radius 3 is 2.58 bits per heavy atom. The SMILES string of the molecule is O=C(CNC(=O)c1ccc(Br)s1)Nc1ccccc1N1CCCC1. The molecule has 2 N–H and O–H groups in total. The number of hydrogen-bond donors (Lipinski definition) is 2. The summed E-state index contributed by atoms with van der Waals surface area (Å²) >= 11 is 4.66. The third-order valence-electron chi connectivity index (χ3n) is 3.83. The first-order chi connectivity index (χ1) is 11.6. The molecule has 24 heavy (non-hydrogen) atoms. The number of benzene rings is 1. The summed E-state index contributed by atoms with van der Waals surface area (Å²) in [6.07, 6.45) is 2.35. The fraction of sp³-hybridized carbons (Fsp3) is 0.294. The first-order valence-corrected chi connectivity index (χ1v) is 9.42. The molecular weight excluding hydrogens is 390 g/mol. The van der Waals surface area contributed by atoms with Crippen LogP contribution in [-0.4, -0.2) is 31.4 Å². The predicted molar refractivity (Wildman–Crippen MR) is 101 cm³/mol. The fourth-order valence-electron chi connectivity index (χ4n) is 2.69. The van der Waals surface area contributed by atoms with E-state index in [2.05, 4.69) is 31.5 Å². The zero-order valence-corrected chi connectivity index (χ0v) is 15.5. The minimum absolute atomic E-state index is 0.0529. The lowest BCUT2D eigenvalue weighted by Crippen LogP contribution is -2.33. The number of anilines is 2. The maximum Gasteiger partial charge on any atom is 0.261 e. The Hall–Kier alpha value is -1.86. The molecule has 5 nitrogen and oxygen atoms in total. The van der Waals surface area contributed by atoms with E-state index in [-0.39, 0.29) is 18.4 Å². The minimum Gasteiger partial charge on any atom is -0.370 e. The Morgan fingerprint density at radius 1 is 1.12 bits per heavy atom. The number of carbonyl (C=O) groups excluding carboxylic acids is 2. The number of carbonyl (C=O) groups is 2. The van der Waals surface area contributed by atoms with E-state index in [1.807, 2.05) is 30.3 Å². The van der Waals surface area contributed by atoms with Crippen molar-refractivity contribution in [2.24, 2.45) is 0 Å². The van der Waals surface area contributed by atoms with Crippen LogP contribution in [0.4, 0.5) is 11.4 Å². The molecule has 1 aromatic carbocycles. The molecule has 2 amide bonds. The van der Waals surface area contributed by atoms with E-state index in [1.165, 1.54) is 24.2 Å². The van der Waals surface area contributed by atoms with Gasteiger partial charge in [-0.15, -0.1) is 11.3 Å². The van der Waals surface area contributed by atoms with Crippen LogP contribution in [-0.2, 0) is 4.79 Å². The lowest BCUT2D eigenvalue weighted by atomic mass is 10.2. The fourth-order valence-corrected chi connectivity index (χ4v) is 3.99. The van der Waals surface area contributed by atoms with Crippen LogP contribution in [0.5, 0.6) is 0 Å². The predicted octanol–water partition coefficient (Wildman–Crippen LogP) is 3.48. The lowest BCUT2D eigenvalue weighted by molar-refractivity contribution is -0.115. The second-order valence-corrected chi connectivity index (χ2v) is 8.01. The van der Waals surface area contributed by atoms with Gasteiger partial charge in [-0.2, -0.15) is 0 Å². The van der Waals surface area contributed by atoms with Crippen LogP contribution < -0.4 is 15.5 Å². The van der Waals surface area contributed by atoms with Crippen molar-refractivity contribution in [3.63, 3.8) is 0 Å². The Bertz CT molecular complexity index is 741. The van der Waals surface area contributed by atoms with Gasteiger partial charge in [-0.05, 0) is 53.0 Å². The number of para-hydroxylation sites is 2. The Balaban J connectivity index is 1.58. The molecule has 0 bridgehead atoms. The van der Waals surface area contributed by atoms with Gasteiger partial charge < -0.3 is 15.5 Å². The molecule has 1 aliphatic rings. The van der Waals surface area contributed by atoms with Crippen LogP contribution in [0.1, 0.15) is 22.5 Å². The second-order valence-electron chi connectivity index (χ2n) is 5.55. The Labute approximate surface area is 153 Å². The Morgan fingerprint density at radius 2 is 1.88 bits per heavy atom. The van der Waals surface area contributed by atoms with Gasteiger partial charge in [-0.25, -0.2) is 0 Å². The number of hydrogen-bond acceptors (Lipinski definition) is 4. The molecule has 1 fully saturated rings. The molecule has 0 atom stereocenters. The molecule has 0 aliphatic carbocycles. The standard InChI is InChI=1S/C17H18BrN3O2S/c18-15-8-7-14(24-15)17(23)19-11-16(22)20-12-5-1-2-6-13(12)21-9-3-4-10-21/h1-2,5-8H,3-4,9-11H2,(H,19,23)(H,20,22). The van der Waals surface area contributed by atoms with Crippen LogP contribution in [0.15, 0.2) is 40.2 Å². The average molecular weight is 408 g/mol. The second kappa shape index (κ2) is 7.81. The summed E-state index contributed by atoms with van der Waals surface area (Å²) in [7, 11) is 0. The van der Waals surface area contributed by atoms with E-state index < -0.39 is 0 Å². The quantitative estimate of drug-likeness (QED) is 0.797. The molecule has 1 aromatic heterocycles. The van der Waals surface area contributed by atoms with E-state index in [0.29, 0.717) is 4.88 Å². The average Bonchev–Trinajstić information content (AvgIpc) is 3.25. The van der Waals surface area contributed by atoms with Crippen molar-refractivity contribution in [1.82, 2.24) is 5.32 Å². The molecule has 0 radical (unpaired) electrons. The van der Waals surface area contributed by atoms with Crippen molar-refractivity contribution in [1.29, 1.82) is 0 Å². The molecule has 3 rings (SSSR count). The van der Waals surface area contributed by atoms with Gasteiger partial charge in [0, 0.05) is 13.1 Å². The highest BCUT2D eigenvalue weighted by molar-refractivity contribution is 9.11. The van der Waals surface area contributed by atoms with Crippen molar-refractivity contribution >= 4 is 50.5 Å². The van der Waals surface area contributed by atoms with Gasteiger partial charge in [0.15, 0.2) is 0 Å². The van der Waals surface area contributed by atoms with Crippen molar-refractivity contribution in [3.05, 3.63) is 45.1 Å². The smallest absolute Gasteiger partial charge is 0.261 e. The molecule has 2 aromatic rings. The highest BCUT2D eigenvalue weighted by Crippen LogP contribution is 2.28. The summed E-state index contributed by atoms with van der Waals surface area (Å²) in [5, 5.41) is 5.54. The molecule has 1 saturated heterocycles. The van der Waals surface area contributed by atoms with Crippen LogP contribution in [0, 0.1) is 0 Å². The third kappa shape index (κ3) is 4.15. The maximum atomic E-state index is 12.2. The first kappa shape index (κ1) is 17.0. The van der Waals surface area contributed by atoms with Crippen LogP contribution in [0.25, 0.3) is 0 Å². The molecule has 7 heteroatoms. The van der Waals surface area contributed by atoms with Crippen molar-refractivity contribution in [2.45, 2.75) is 12.8 Å². The summed E-state index contributed by atoms with van der Waals surface area (Å²) in [6.45, 7) is 1.97. The summed E-state index contributed by atoms with van der Waals surface area (Å²) in [5.41, 5.74) is 1.83. The van der Waals surface area contributed by atoms with Crippen molar-refractivity contribution in [2.75, 3.05) is 29.9 Å². The van der Waals surface area contributed by atoms with E-state index in [4.69, 9.17) is 0 Å². The molecular formula is C17H18BrN3O2S. The summed E-state index contributed by atoms with van der Waals surface area (Å²) in [5.74, 6) is -0.473. The Kier molecular flexibility index (Phi) is 5.52. The van der Waals surface area contributed by atoms with E-state index in [0.717, 1.165) is 28.3 Å². The number of rotatable bonds is 5. The molecule has 0 unspecified atom stereocenters. The van der Waals surface area contributed by atoms with Crippen molar-refractivity contribution < 1.29 is 9.59 Å². The van der Waals surface area contributed by atoms with Gasteiger partial charge in [0.05, 0.1) is 26.6 Å². The number of halogens is 1. The molecule has 126 valence electrons. The van der Waals surface area contributed by atoms with Gasteiger partial charge in [0.1, 0.15) is 0 Å². The van der Waals surface area contributed by atoms with Gasteiger partial charge >= 0.3 is 0 Å². The zero-order chi connectivity index (χ0) is 16.9. The first-order valence-electron chi connectivity index (χ1n) is 7.81. The summed E-state index contributed by atoms with van der Waals surface area (Å²) in [6, 6.07) is 11.3. The number of nitrogens with zero attached hydrogens (tertiary/aromatic N) is 1. The van der Waals surface area contributed by atoms with Crippen LogP contribution >= 0.6 is 27.3 Å². The highest BCUT2D eigenvalue weighted by atomic mass is 79.9. The number of thiophene rings is 1. The van der Waals surface area contributed by atoms with E-state index in [9.17, 15) is 9.59 Å². The lowest BCUT2D eigenvalue weighted by Gasteiger charge is -2.21. The van der Waals surface area contributed by atoms with E-state index >= 15 is 0 Å². The zero-order valence-electron chi connectivity index (χ0n) is 13.0. The van der Waals surface area contributed by atoms with Crippen molar-refractivity contribution in [3.8, 4) is 0 Å². The normalized spacial score (nSPS) is 13.8. The van der Waals surface area contributed by atoms with Gasteiger partial charge in [-0.1, -0.05) is 12.1 Å². The summed E-state index contributed by atoms with van der Waals surface area (Å²) < 4.78 is 0.886. The van der Waals surface area contributed by atoms with Gasteiger partial charge in [-0.3, -0.25) is 9.59 Å². The highest BCUT2D eigenvalue weighted by Gasteiger charge is 2.17. The molecule has 2 heterocycles. The monoisotopic (exact) mass is 407 g/mol. The van der Waals surface area contributed by atoms with E-state index in [1.54, 1.807) is 6.07 Å². The number of amides is 2. The van der Waals surface area contributed by atoms with Gasteiger partial charge in [0.25, 0.3) is 5.91 Å². The van der Waals surface area contributed by atoms with Crippen LogP contribution in [0.2, 0.25) is 0 Å². The van der Waals surface area contributed by atoms with Gasteiger partial charge in [0.2, 0.25) is 5.91 Å². The van der Waals surface area contributed by atoms with Crippen LogP contribution in [0.3, 0.4) is 0 Å². The molecule has 0 saturated carbocycles. The maximum absolute atomic E-state index is 12.2.